The predicted octanol–water partition coefficient (Wildman–Crippen LogP) is 2.47. The number of halogens is 2. The number of benzene rings is 1. The number of phenols is 1. The molecule has 1 rings (SSSR count). The van der Waals surface area contributed by atoms with Gasteiger partial charge in [0.1, 0.15) is 0 Å². The average Bonchev–Trinajstić information content (AvgIpc) is 2.12. The van der Waals surface area contributed by atoms with E-state index in [1.807, 2.05) is 6.92 Å². The Balaban J connectivity index is 3.13. The van der Waals surface area contributed by atoms with Crippen molar-refractivity contribution in [2.75, 3.05) is 7.05 Å². The van der Waals surface area contributed by atoms with E-state index in [1.54, 1.807) is 13.1 Å². The minimum absolute atomic E-state index is 0.00704. The van der Waals surface area contributed by atoms with Crippen molar-refractivity contribution in [3.63, 3.8) is 0 Å². The van der Waals surface area contributed by atoms with Gasteiger partial charge in [-0.2, -0.15) is 0 Å². The Hall–Kier alpha value is -0.800. The van der Waals surface area contributed by atoms with E-state index in [4.69, 9.17) is 16.7 Å². The van der Waals surface area contributed by atoms with E-state index < -0.39 is 11.6 Å². The maximum absolute atomic E-state index is 13.0. The van der Waals surface area contributed by atoms with E-state index in [1.165, 1.54) is 6.07 Å². The lowest BCUT2D eigenvalue weighted by atomic mass is 10.1. The molecule has 0 aliphatic carbocycles. The lowest BCUT2D eigenvalue weighted by Crippen LogP contribution is -2.12. The van der Waals surface area contributed by atoms with Gasteiger partial charge in [0, 0.05) is 6.04 Å². The Morgan fingerprint density at radius 1 is 1.54 bits per heavy atom. The van der Waals surface area contributed by atoms with Gasteiger partial charge in [-0.05, 0) is 31.7 Å². The summed E-state index contributed by atoms with van der Waals surface area (Å²) in [6.45, 7) is 1.88. The van der Waals surface area contributed by atoms with E-state index in [9.17, 15) is 4.39 Å². The highest BCUT2D eigenvalue weighted by Crippen LogP contribution is 2.29. The van der Waals surface area contributed by atoms with Gasteiger partial charge in [-0.3, -0.25) is 0 Å². The van der Waals surface area contributed by atoms with Crippen molar-refractivity contribution < 1.29 is 9.50 Å². The van der Waals surface area contributed by atoms with Crippen LogP contribution in [-0.4, -0.2) is 12.2 Å². The fourth-order valence-electron chi connectivity index (χ4n) is 1.00. The molecule has 1 aromatic rings. The maximum Gasteiger partial charge on any atom is 0.170 e. The second-order valence-electron chi connectivity index (χ2n) is 2.84. The number of rotatable bonds is 2. The SMILES string of the molecule is CN[C@@H](C)c1cc(F)c(O)c(Cl)c1. The first-order valence-corrected chi connectivity index (χ1v) is 4.29. The molecule has 0 heterocycles. The summed E-state index contributed by atoms with van der Waals surface area (Å²) >= 11 is 5.60. The van der Waals surface area contributed by atoms with Crippen molar-refractivity contribution in [3.05, 3.63) is 28.5 Å². The van der Waals surface area contributed by atoms with Gasteiger partial charge in [-0.25, -0.2) is 4.39 Å². The molecule has 0 bridgehead atoms. The molecule has 13 heavy (non-hydrogen) atoms. The standard InChI is InChI=1S/C9H11ClFNO/c1-5(12-2)6-3-7(10)9(13)8(11)4-6/h3-5,12-13H,1-2H3/t5-/m0/s1. The zero-order valence-corrected chi connectivity index (χ0v) is 8.19. The van der Waals surface area contributed by atoms with Crippen LogP contribution >= 0.6 is 11.6 Å². The number of hydrogen-bond acceptors (Lipinski definition) is 2. The van der Waals surface area contributed by atoms with Gasteiger partial charge in [0.25, 0.3) is 0 Å². The molecule has 0 radical (unpaired) electrons. The highest BCUT2D eigenvalue weighted by molar-refractivity contribution is 6.32. The monoisotopic (exact) mass is 203 g/mol. The summed E-state index contributed by atoms with van der Waals surface area (Å²) < 4.78 is 13.0. The Labute approximate surface area is 81.3 Å². The largest absolute Gasteiger partial charge is 0.504 e. The van der Waals surface area contributed by atoms with Crippen molar-refractivity contribution in [2.45, 2.75) is 13.0 Å². The third-order valence-corrected chi connectivity index (χ3v) is 2.26. The second kappa shape index (κ2) is 3.94. The second-order valence-corrected chi connectivity index (χ2v) is 3.25. The van der Waals surface area contributed by atoms with Gasteiger partial charge < -0.3 is 10.4 Å². The highest BCUT2D eigenvalue weighted by atomic mass is 35.5. The van der Waals surface area contributed by atoms with Crippen molar-refractivity contribution >= 4 is 11.6 Å². The topological polar surface area (TPSA) is 32.3 Å². The fraction of sp³-hybridized carbons (Fsp3) is 0.333. The molecule has 2 N–H and O–H groups in total. The quantitative estimate of drug-likeness (QED) is 0.774. The Bertz CT molecular complexity index is 293. The summed E-state index contributed by atoms with van der Waals surface area (Å²) in [7, 11) is 1.77. The summed E-state index contributed by atoms with van der Waals surface area (Å²) in [4.78, 5) is 0. The van der Waals surface area contributed by atoms with E-state index in [2.05, 4.69) is 5.32 Å². The lowest BCUT2D eigenvalue weighted by molar-refractivity contribution is 0.431. The van der Waals surface area contributed by atoms with Gasteiger partial charge >= 0.3 is 0 Å². The molecule has 4 heteroatoms. The van der Waals surface area contributed by atoms with Gasteiger partial charge in [0.2, 0.25) is 0 Å². The molecule has 0 aromatic heterocycles. The van der Waals surface area contributed by atoms with Crippen LogP contribution in [0.25, 0.3) is 0 Å². The molecule has 0 unspecified atom stereocenters. The van der Waals surface area contributed by atoms with E-state index in [-0.39, 0.29) is 11.1 Å². The zero-order valence-electron chi connectivity index (χ0n) is 7.44. The summed E-state index contributed by atoms with van der Waals surface area (Å²) in [5, 5.41) is 12.0. The Kier molecular flexibility index (Phi) is 3.12. The minimum Gasteiger partial charge on any atom is -0.504 e. The molecular weight excluding hydrogens is 193 g/mol. The summed E-state index contributed by atoms with van der Waals surface area (Å²) in [5.74, 6) is -1.18. The van der Waals surface area contributed by atoms with Crippen molar-refractivity contribution in [2.24, 2.45) is 0 Å². The molecule has 1 aromatic carbocycles. The third kappa shape index (κ3) is 2.11. The minimum atomic E-state index is -0.690. The zero-order chi connectivity index (χ0) is 10.0. The molecule has 72 valence electrons. The van der Waals surface area contributed by atoms with Crippen LogP contribution in [0.15, 0.2) is 12.1 Å². The molecule has 0 fully saturated rings. The third-order valence-electron chi connectivity index (χ3n) is 1.97. The molecule has 0 amide bonds. The summed E-state index contributed by atoms with van der Waals surface area (Å²) in [5.41, 5.74) is 0.711. The molecular formula is C9H11ClFNO. The van der Waals surface area contributed by atoms with Crippen LogP contribution in [0.3, 0.4) is 0 Å². The molecule has 0 aliphatic heterocycles. The van der Waals surface area contributed by atoms with Crippen LogP contribution in [0.2, 0.25) is 5.02 Å². The van der Waals surface area contributed by atoms with Gasteiger partial charge in [-0.15, -0.1) is 0 Å². The predicted molar refractivity (Wildman–Crippen MR) is 50.5 cm³/mol. The summed E-state index contributed by atoms with van der Waals surface area (Å²) in [6, 6.07) is 2.82. The number of hydrogen-bond donors (Lipinski definition) is 2. The van der Waals surface area contributed by atoms with Crippen molar-refractivity contribution in [3.8, 4) is 5.75 Å². The first-order chi connectivity index (χ1) is 6.06. The van der Waals surface area contributed by atoms with Crippen LogP contribution in [0.1, 0.15) is 18.5 Å². The molecule has 0 spiro atoms. The average molecular weight is 204 g/mol. The molecule has 0 saturated heterocycles. The van der Waals surface area contributed by atoms with Crippen LogP contribution in [0.4, 0.5) is 4.39 Å². The van der Waals surface area contributed by atoms with Gasteiger partial charge in [-0.1, -0.05) is 11.6 Å². The van der Waals surface area contributed by atoms with Gasteiger partial charge in [0.15, 0.2) is 11.6 Å². The highest BCUT2D eigenvalue weighted by Gasteiger charge is 2.10. The maximum atomic E-state index is 13.0. The lowest BCUT2D eigenvalue weighted by Gasteiger charge is -2.11. The van der Waals surface area contributed by atoms with Crippen LogP contribution < -0.4 is 5.32 Å². The number of aromatic hydroxyl groups is 1. The van der Waals surface area contributed by atoms with E-state index in [0.29, 0.717) is 5.56 Å². The Morgan fingerprint density at radius 2 is 2.15 bits per heavy atom. The molecule has 2 nitrogen and oxygen atoms in total. The van der Waals surface area contributed by atoms with E-state index in [0.717, 1.165) is 0 Å². The van der Waals surface area contributed by atoms with Crippen molar-refractivity contribution in [1.29, 1.82) is 0 Å². The van der Waals surface area contributed by atoms with Gasteiger partial charge in [0.05, 0.1) is 5.02 Å². The number of phenolic OH excluding ortho intramolecular Hbond substituents is 1. The smallest absolute Gasteiger partial charge is 0.170 e. The van der Waals surface area contributed by atoms with Crippen molar-refractivity contribution in [1.82, 2.24) is 5.32 Å². The van der Waals surface area contributed by atoms with Crippen LogP contribution in [0, 0.1) is 5.82 Å². The fourth-order valence-corrected chi connectivity index (χ4v) is 1.22. The molecule has 0 aliphatic rings. The van der Waals surface area contributed by atoms with E-state index >= 15 is 0 Å². The Morgan fingerprint density at radius 3 is 2.62 bits per heavy atom. The van der Waals surface area contributed by atoms with Crippen LogP contribution in [-0.2, 0) is 0 Å². The normalized spacial score (nSPS) is 12.9. The summed E-state index contributed by atoms with van der Waals surface area (Å²) in [6.07, 6.45) is 0. The first kappa shape index (κ1) is 10.3. The molecule has 0 saturated carbocycles. The molecule has 1 atom stereocenters. The number of nitrogens with one attached hydrogen (secondary N) is 1. The first-order valence-electron chi connectivity index (χ1n) is 3.91. The van der Waals surface area contributed by atoms with Crippen LogP contribution in [0.5, 0.6) is 5.75 Å².